The molecule has 1 heterocycles. The largest absolute Gasteiger partial charge is 0.497 e. The first kappa shape index (κ1) is 14.3. The maximum atomic E-state index is 9.43. The van der Waals surface area contributed by atoms with Crippen molar-refractivity contribution in [2.45, 2.75) is 12.6 Å². The van der Waals surface area contributed by atoms with E-state index < -0.39 is 0 Å². The summed E-state index contributed by atoms with van der Waals surface area (Å²) in [7, 11) is 1.68. The highest BCUT2D eigenvalue weighted by Gasteiger charge is 2.22. The number of fused-ring (bicyclic) bond motifs is 1. The fourth-order valence-corrected chi connectivity index (χ4v) is 2.80. The number of aliphatic hydroxyl groups is 1. The summed E-state index contributed by atoms with van der Waals surface area (Å²) >= 11 is 0. The SMILES string of the molecule is COc1ccc2cc(CN3CCOC[C@@H]3CO)ccc2c1. The minimum atomic E-state index is 0.102. The van der Waals surface area contributed by atoms with Gasteiger partial charge in [0.25, 0.3) is 0 Å². The van der Waals surface area contributed by atoms with E-state index in [1.54, 1.807) is 7.11 Å². The third-order valence-corrected chi connectivity index (χ3v) is 4.06. The maximum Gasteiger partial charge on any atom is 0.119 e. The van der Waals surface area contributed by atoms with Crippen molar-refractivity contribution in [1.29, 1.82) is 0 Å². The Morgan fingerprint density at radius 3 is 2.86 bits per heavy atom. The van der Waals surface area contributed by atoms with Crippen molar-refractivity contribution in [3.8, 4) is 5.75 Å². The maximum absolute atomic E-state index is 9.43. The summed E-state index contributed by atoms with van der Waals surface area (Å²) in [6.07, 6.45) is 0. The Labute approximate surface area is 124 Å². The molecule has 1 fully saturated rings. The average Bonchev–Trinajstić information content (AvgIpc) is 2.55. The van der Waals surface area contributed by atoms with Gasteiger partial charge in [-0.2, -0.15) is 0 Å². The fourth-order valence-electron chi connectivity index (χ4n) is 2.80. The molecule has 1 aliphatic rings. The molecule has 1 N–H and O–H groups in total. The lowest BCUT2D eigenvalue weighted by atomic mass is 10.1. The number of hydrogen-bond acceptors (Lipinski definition) is 4. The Kier molecular flexibility index (Phi) is 4.39. The van der Waals surface area contributed by atoms with Crippen LogP contribution in [0.2, 0.25) is 0 Å². The molecule has 4 heteroatoms. The molecule has 0 aliphatic carbocycles. The number of methoxy groups -OCH3 is 1. The van der Waals surface area contributed by atoms with Crippen molar-refractivity contribution in [2.24, 2.45) is 0 Å². The van der Waals surface area contributed by atoms with Crippen LogP contribution >= 0.6 is 0 Å². The molecule has 1 aliphatic heterocycles. The quantitative estimate of drug-likeness (QED) is 0.934. The molecule has 0 radical (unpaired) electrons. The van der Waals surface area contributed by atoms with Gasteiger partial charge in [0.15, 0.2) is 0 Å². The molecule has 0 unspecified atom stereocenters. The number of benzene rings is 2. The van der Waals surface area contributed by atoms with Crippen molar-refractivity contribution in [2.75, 3.05) is 33.5 Å². The summed E-state index contributed by atoms with van der Waals surface area (Å²) in [4.78, 5) is 2.29. The number of hydrogen-bond donors (Lipinski definition) is 1. The van der Waals surface area contributed by atoms with Crippen LogP contribution in [0, 0.1) is 0 Å². The van der Waals surface area contributed by atoms with Crippen LogP contribution in [-0.2, 0) is 11.3 Å². The average molecular weight is 287 g/mol. The Bertz CT molecular complexity index is 614. The third kappa shape index (κ3) is 3.18. The van der Waals surface area contributed by atoms with Crippen molar-refractivity contribution in [3.05, 3.63) is 42.0 Å². The monoisotopic (exact) mass is 287 g/mol. The first-order chi connectivity index (χ1) is 10.3. The van der Waals surface area contributed by atoms with Gasteiger partial charge in [0.2, 0.25) is 0 Å². The molecule has 0 saturated carbocycles. The lowest BCUT2D eigenvalue weighted by molar-refractivity contribution is -0.0312. The van der Waals surface area contributed by atoms with Crippen LogP contribution in [0.5, 0.6) is 5.75 Å². The highest BCUT2D eigenvalue weighted by molar-refractivity contribution is 5.84. The second-order valence-electron chi connectivity index (χ2n) is 5.43. The minimum absolute atomic E-state index is 0.102. The number of nitrogens with zero attached hydrogens (tertiary/aromatic N) is 1. The van der Waals surface area contributed by atoms with Gasteiger partial charge in [0, 0.05) is 13.1 Å². The molecule has 2 aromatic carbocycles. The van der Waals surface area contributed by atoms with E-state index in [0.29, 0.717) is 6.61 Å². The number of rotatable bonds is 4. The predicted octanol–water partition coefficient (Wildman–Crippen LogP) is 2.04. The van der Waals surface area contributed by atoms with Crippen molar-refractivity contribution >= 4 is 10.8 Å². The molecule has 112 valence electrons. The fraction of sp³-hybridized carbons (Fsp3) is 0.412. The first-order valence-electron chi connectivity index (χ1n) is 7.29. The van der Waals surface area contributed by atoms with Crippen LogP contribution in [0.25, 0.3) is 10.8 Å². The number of aliphatic hydroxyl groups excluding tert-OH is 1. The standard InChI is InChI=1S/C17H21NO3/c1-20-17-5-4-14-8-13(2-3-15(14)9-17)10-18-6-7-21-12-16(18)11-19/h2-5,8-9,16,19H,6-7,10-12H2,1H3/t16-/m0/s1. The Morgan fingerprint density at radius 2 is 2.05 bits per heavy atom. The Balaban J connectivity index is 1.80. The molecule has 2 aromatic rings. The van der Waals surface area contributed by atoms with E-state index in [4.69, 9.17) is 9.47 Å². The van der Waals surface area contributed by atoms with Gasteiger partial charge in [-0.25, -0.2) is 0 Å². The minimum Gasteiger partial charge on any atom is -0.497 e. The molecular weight excluding hydrogens is 266 g/mol. The van der Waals surface area contributed by atoms with E-state index in [2.05, 4.69) is 29.2 Å². The smallest absolute Gasteiger partial charge is 0.119 e. The van der Waals surface area contributed by atoms with Gasteiger partial charge in [-0.05, 0) is 34.5 Å². The molecule has 0 bridgehead atoms. The molecule has 1 saturated heterocycles. The molecule has 0 aromatic heterocycles. The van der Waals surface area contributed by atoms with Crippen LogP contribution in [0.4, 0.5) is 0 Å². The van der Waals surface area contributed by atoms with E-state index in [1.165, 1.54) is 16.3 Å². The summed E-state index contributed by atoms with van der Waals surface area (Å²) in [6.45, 7) is 3.20. The van der Waals surface area contributed by atoms with Gasteiger partial charge in [0.05, 0.1) is 33.0 Å². The van der Waals surface area contributed by atoms with E-state index in [-0.39, 0.29) is 12.6 Å². The van der Waals surface area contributed by atoms with Gasteiger partial charge in [-0.3, -0.25) is 4.90 Å². The van der Waals surface area contributed by atoms with Gasteiger partial charge >= 0.3 is 0 Å². The van der Waals surface area contributed by atoms with Crippen LogP contribution < -0.4 is 4.74 Å². The zero-order chi connectivity index (χ0) is 14.7. The van der Waals surface area contributed by atoms with Gasteiger partial charge in [-0.1, -0.05) is 18.2 Å². The van der Waals surface area contributed by atoms with Crippen LogP contribution in [0.3, 0.4) is 0 Å². The van der Waals surface area contributed by atoms with E-state index in [9.17, 15) is 5.11 Å². The molecule has 4 nitrogen and oxygen atoms in total. The lowest BCUT2D eigenvalue weighted by Gasteiger charge is -2.34. The lowest BCUT2D eigenvalue weighted by Crippen LogP contribution is -2.46. The summed E-state index contributed by atoms with van der Waals surface area (Å²) in [5, 5.41) is 11.8. The second kappa shape index (κ2) is 6.43. The molecule has 0 amide bonds. The van der Waals surface area contributed by atoms with Gasteiger partial charge in [0.1, 0.15) is 5.75 Å². The molecule has 3 rings (SSSR count). The highest BCUT2D eigenvalue weighted by Crippen LogP contribution is 2.23. The normalized spacial score (nSPS) is 19.8. The second-order valence-corrected chi connectivity index (χ2v) is 5.43. The molecule has 21 heavy (non-hydrogen) atoms. The van der Waals surface area contributed by atoms with Crippen LogP contribution in [0.1, 0.15) is 5.56 Å². The summed E-state index contributed by atoms with van der Waals surface area (Å²) in [5.74, 6) is 0.878. The summed E-state index contributed by atoms with van der Waals surface area (Å²) in [5.41, 5.74) is 1.26. The Hall–Kier alpha value is -1.62. The van der Waals surface area contributed by atoms with E-state index in [1.807, 2.05) is 12.1 Å². The topological polar surface area (TPSA) is 41.9 Å². The first-order valence-corrected chi connectivity index (χ1v) is 7.29. The van der Waals surface area contributed by atoms with Crippen LogP contribution in [-0.4, -0.2) is 49.5 Å². The molecular formula is C17H21NO3. The Morgan fingerprint density at radius 1 is 1.24 bits per heavy atom. The van der Waals surface area contributed by atoms with Gasteiger partial charge < -0.3 is 14.6 Å². The van der Waals surface area contributed by atoms with Crippen molar-refractivity contribution < 1.29 is 14.6 Å². The summed E-state index contributed by atoms with van der Waals surface area (Å²) in [6, 6.07) is 12.7. The number of ether oxygens (including phenoxy) is 2. The van der Waals surface area contributed by atoms with Crippen LogP contribution in [0.15, 0.2) is 36.4 Å². The summed E-state index contributed by atoms with van der Waals surface area (Å²) < 4.78 is 10.7. The number of morpholine rings is 1. The molecule has 1 atom stereocenters. The molecule has 0 spiro atoms. The zero-order valence-electron chi connectivity index (χ0n) is 12.3. The van der Waals surface area contributed by atoms with E-state index >= 15 is 0 Å². The van der Waals surface area contributed by atoms with Crippen molar-refractivity contribution in [1.82, 2.24) is 4.90 Å². The van der Waals surface area contributed by atoms with Gasteiger partial charge in [-0.15, -0.1) is 0 Å². The van der Waals surface area contributed by atoms with Crippen molar-refractivity contribution in [3.63, 3.8) is 0 Å². The zero-order valence-corrected chi connectivity index (χ0v) is 12.3. The third-order valence-electron chi connectivity index (χ3n) is 4.06. The predicted molar refractivity (Wildman–Crippen MR) is 82.6 cm³/mol. The van der Waals surface area contributed by atoms with E-state index in [0.717, 1.165) is 25.4 Å². The highest BCUT2D eigenvalue weighted by atomic mass is 16.5.